The highest BCUT2D eigenvalue weighted by atomic mass is 32.2. The largest absolute Gasteiger partial charge is 0.446 e. The number of rotatable bonds is 7. The average Bonchev–Trinajstić information content (AvgIpc) is 2.90. The second kappa shape index (κ2) is 11.2. The van der Waals surface area contributed by atoms with Crippen LogP contribution in [-0.4, -0.2) is 11.5 Å². The Hall–Kier alpha value is -3.60. The molecule has 4 rings (SSSR count). The third-order valence-corrected chi connectivity index (χ3v) is 8.46. The fourth-order valence-electron chi connectivity index (χ4n) is 3.64. The lowest BCUT2D eigenvalue weighted by Crippen LogP contribution is -2.27. The van der Waals surface area contributed by atoms with Gasteiger partial charge in [-0.3, -0.25) is 0 Å². The highest BCUT2D eigenvalue weighted by molar-refractivity contribution is 8.00. The van der Waals surface area contributed by atoms with Gasteiger partial charge in [-0.2, -0.15) is 13.2 Å². The number of carbonyl (C=O) groups is 1. The van der Waals surface area contributed by atoms with Crippen molar-refractivity contribution in [1.82, 2.24) is 0 Å². The van der Waals surface area contributed by atoms with E-state index in [0.29, 0.717) is 11.1 Å². The summed E-state index contributed by atoms with van der Waals surface area (Å²) in [4.78, 5) is 16.4. The maximum atomic E-state index is 13.0. The summed E-state index contributed by atoms with van der Waals surface area (Å²) >= 11 is -0.220. The van der Waals surface area contributed by atoms with Gasteiger partial charge in [0, 0.05) is 10.5 Å². The standard InChI is InChI=1S/C30H22F3O2S2/c1-3-29(2,23-16-18-24(19-17-23)36-30(31,32)33)35-28(34)22-14-20-27(21-15-22)37(25-10-6-4-7-11-25)26-12-8-5-9-13-26/h1,4-21H,2H3/q+1. The minimum absolute atomic E-state index is 0.0183. The molecule has 1 unspecified atom stereocenters. The highest BCUT2D eigenvalue weighted by Crippen LogP contribution is 2.38. The molecular formula is C30H22F3O2S2+. The van der Waals surface area contributed by atoms with Crippen LogP contribution in [0.4, 0.5) is 13.2 Å². The first-order valence-electron chi connectivity index (χ1n) is 11.2. The number of hydrogen-bond donors (Lipinski definition) is 0. The van der Waals surface area contributed by atoms with E-state index in [9.17, 15) is 18.0 Å². The van der Waals surface area contributed by atoms with Gasteiger partial charge in [0.1, 0.15) is 0 Å². The molecule has 4 aromatic rings. The number of thioether (sulfide) groups is 1. The van der Waals surface area contributed by atoms with E-state index in [1.165, 1.54) is 31.2 Å². The molecule has 186 valence electrons. The minimum atomic E-state index is -4.39. The minimum Gasteiger partial charge on any atom is -0.438 e. The molecule has 37 heavy (non-hydrogen) atoms. The van der Waals surface area contributed by atoms with Crippen LogP contribution >= 0.6 is 11.8 Å². The average molecular weight is 536 g/mol. The van der Waals surface area contributed by atoms with E-state index in [0.717, 1.165) is 14.7 Å². The number of terminal acetylenes is 1. The van der Waals surface area contributed by atoms with Crippen LogP contribution in [0.1, 0.15) is 22.8 Å². The monoisotopic (exact) mass is 535 g/mol. The molecule has 4 aromatic carbocycles. The fraction of sp³-hybridized carbons (Fsp3) is 0.100. The Balaban J connectivity index is 1.55. The topological polar surface area (TPSA) is 26.3 Å². The van der Waals surface area contributed by atoms with E-state index in [1.54, 1.807) is 12.1 Å². The summed E-state index contributed by atoms with van der Waals surface area (Å²) in [5.74, 6) is 1.84. The molecule has 0 fully saturated rings. The van der Waals surface area contributed by atoms with E-state index in [1.807, 2.05) is 48.5 Å². The van der Waals surface area contributed by atoms with Gasteiger partial charge in [0.05, 0.1) is 16.5 Å². The predicted molar refractivity (Wildman–Crippen MR) is 141 cm³/mol. The van der Waals surface area contributed by atoms with Crippen LogP contribution in [-0.2, 0) is 21.2 Å². The van der Waals surface area contributed by atoms with Gasteiger partial charge in [0.25, 0.3) is 0 Å². The molecule has 0 aliphatic rings. The van der Waals surface area contributed by atoms with Gasteiger partial charge < -0.3 is 4.74 Å². The van der Waals surface area contributed by atoms with Gasteiger partial charge in [-0.1, -0.05) is 54.5 Å². The van der Waals surface area contributed by atoms with Gasteiger partial charge in [-0.15, -0.1) is 6.42 Å². The number of benzene rings is 4. The Morgan fingerprint density at radius 1 is 0.784 bits per heavy atom. The molecule has 0 aromatic heterocycles. The smallest absolute Gasteiger partial charge is 0.438 e. The van der Waals surface area contributed by atoms with Crippen LogP contribution in [0.5, 0.6) is 0 Å². The van der Waals surface area contributed by atoms with Crippen LogP contribution in [0.2, 0.25) is 0 Å². The molecule has 0 N–H and O–H groups in total. The SMILES string of the molecule is C#CC(C)(OC(=O)c1ccc([S+](c2ccccc2)c2ccccc2)cc1)c1ccc(SC(F)(F)F)cc1. The van der Waals surface area contributed by atoms with Gasteiger partial charge in [-0.05, 0) is 79.3 Å². The molecule has 0 radical (unpaired) electrons. The first-order chi connectivity index (χ1) is 17.7. The molecule has 0 aliphatic carbocycles. The molecule has 0 heterocycles. The van der Waals surface area contributed by atoms with Crippen LogP contribution < -0.4 is 0 Å². The molecule has 2 nitrogen and oxygen atoms in total. The van der Waals surface area contributed by atoms with Crippen molar-refractivity contribution >= 4 is 28.6 Å². The maximum absolute atomic E-state index is 13.0. The van der Waals surface area contributed by atoms with Crippen LogP contribution in [0.15, 0.2) is 129 Å². The summed E-state index contributed by atoms with van der Waals surface area (Å²) in [6.07, 6.45) is 5.69. The molecule has 0 bridgehead atoms. The fourth-order valence-corrected chi connectivity index (χ4v) is 6.26. The van der Waals surface area contributed by atoms with E-state index < -0.39 is 17.1 Å². The van der Waals surface area contributed by atoms with Gasteiger partial charge in [0.2, 0.25) is 0 Å². The van der Waals surface area contributed by atoms with Crippen molar-refractivity contribution in [3.63, 3.8) is 0 Å². The van der Waals surface area contributed by atoms with Gasteiger partial charge in [-0.25, -0.2) is 4.79 Å². The molecule has 7 heteroatoms. The first-order valence-corrected chi connectivity index (χ1v) is 13.2. The highest BCUT2D eigenvalue weighted by Gasteiger charge is 2.33. The number of alkyl halides is 3. The number of carbonyl (C=O) groups excluding carboxylic acids is 1. The Morgan fingerprint density at radius 2 is 1.27 bits per heavy atom. The van der Waals surface area contributed by atoms with Crippen molar-refractivity contribution < 1.29 is 22.7 Å². The van der Waals surface area contributed by atoms with E-state index in [4.69, 9.17) is 11.2 Å². The van der Waals surface area contributed by atoms with Crippen LogP contribution in [0.25, 0.3) is 0 Å². The van der Waals surface area contributed by atoms with Gasteiger partial charge in [0.15, 0.2) is 20.3 Å². The zero-order chi connectivity index (χ0) is 26.5. The van der Waals surface area contributed by atoms with Crippen molar-refractivity contribution in [3.8, 4) is 12.3 Å². The van der Waals surface area contributed by atoms with Crippen molar-refractivity contribution in [1.29, 1.82) is 0 Å². The summed E-state index contributed by atoms with van der Waals surface area (Å²) in [5, 5.41) is 0. The second-order valence-corrected chi connectivity index (χ2v) is 11.3. The Labute approximate surface area is 221 Å². The quantitative estimate of drug-likeness (QED) is 0.104. The second-order valence-electron chi connectivity index (χ2n) is 8.10. The molecule has 0 saturated heterocycles. The van der Waals surface area contributed by atoms with Crippen molar-refractivity contribution in [2.45, 2.75) is 37.6 Å². The van der Waals surface area contributed by atoms with Crippen molar-refractivity contribution in [3.05, 3.63) is 120 Å². The molecule has 0 saturated carbocycles. The lowest BCUT2D eigenvalue weighted by Gasteiger charge is -2.25. The Morgan fingerprint density at radius 3 is 1.73 bits per heavy atom. The zero-order valence-corrected chi connectivity index (χ0v) is 21.4. The first kappa shape index (κ1) is 26.5. The Kier molecular flexibility index (Phi) is 8.01. The molecule has 1 atom stereocenters. The lowest BCUT2D eigenvalue weighted by atomic mass is 9.96. The lowest BCUT2D eigenvalue weighted by molar-refractivity contribution is -0.0328. The van der Waals surface area contributed by atoms with Crippen LogP contribution in [0, 0.1) is 12.3 Å². The number of halogens is 3. The molecule has 0 amide bonds. The maximum Gasteiger partial charge on any atom is 0.446 e. The van der Waals surface area contributed by atoms with E-state index in [-0.39, 0.29) is 27.6 Å². The Bertz CT molecular complexity index is 1340. The molecule has 0 aliphatic heterocycles. The van der Waals surface area contributed by atoms with E-state index >= 15 is 0 Å². The molecular weight excluding hydrogens is 513 g/mol. The summed E-state index contributed by atoms with van der Waals surface area (Å²) in [7, 11) is -0.363. The summed E-state index contributed by atoms with van der Waals surface area (Å²) < 4.78 is 43.6. The third kappa shape index (κ3) is 6.59. The van der Waals surface area contributed by atoms with Crippen molar-refractivity contribution in [2.24, 2.45) is 0 Å². The van der Waals surface area contributed by atoms with Crippen molar-refractivity contribution in [2.75, 3.05) is 0 Å². The normalized spacial score (nSPS) is 13.0. The third-order valence-electron chi connectivity index (χ3n) is 5.49. The number of esters is 1. The van der Waals surface area contributed by atoms with E-state index in [2.05, 4.69) is 30.2 Å². The molecule has 0 spiro atoms. The zero-order valence-electron chi connectivity index (χ0n) is 19.7. The summed E-state index contributed by atoms with van der Waals surface area (Å²) in [6, 6.07) is 32.9. The summed E-state index contributed by atoms with van der Waals surface area (Å²) in [5.41, 5.74) is -5.12. The summed E-state index contributed by atoms with van der Waals surface area (Å²) in [6.45, 7) is 1.54. The number of ether oxygens (including phenoxy) is 1. The number of hydrogen-bond acceptors (Lipinski definition) is 3. The predicted octanol–water partition coefficient (Wildman–Crippen LogP) is 8.10. The van der Waals surface area contributed by atoms with Crippen LogP contribution in [0.3, 0.4) is 0 Å². The van der Waals surface area contributed by atoms with Gasteiger partial charge >= 0.3 is 11.5 Å².